The number of halogens is 1. The molecule has 0 bridgehead atoms. The molecule has 0 aliphatic heterocycles. The van der Waals surface area contributed by atoms with Crippen LogP contribution in [0.25, 0.3) is 11.0 Å². The molecule has 10 heteroatoms. The van der Waals surface area contributed by atoms with Crippen LogP contribution in [0.2, 0.25) is 5.02 Å². The van der Waals surface area contributed by atoms with Gasteiger partial charge in [0, 0.05) is 22.8 Å². The number of imidazole rings is 1. The standard InChI is InChI=1S/C20H19ClN4O5/c1-11(18(27)23-14-6-7-15-16(10-14)25-20(29)24-15)30-17(26)8-9-22-19(28)12-2-4-13(21)5-3-12/h2-7,10-11H,8-9H2,1H3,(H,22,28)(H,23,27)(H2,24,25,29)/t11-/m1/s1. The van der Waals surface area contributed by atoms with E-state index in [0.29, 0.717) is 27.3 Å². The van der Waals surface area contributed by atoms with Crippen molar-refractivity contribution in [3.05, 3.63) is 63.5 Å². The smallest absolute Gasteiger partial charge is 0.323 e. The van der Waals surface area contributed by atoms with Crippen LogP contribution in [0, 0.1) is 0 Å². The second kappa shape index (κ2) is 9.27. The maximum atomic E-state index is 12.2. The molecule has 0 saturated carbocycles. The van der Waals surface area contributed by atoms with Gasteiger partial charge in [-0.15, -0.1) is 0 Å². The van der Waals surface area contributed by atoms with Crippen molar-refractivity contribution in [2.24, 2.45) is 0 Å². The molecule has 1 heterocycles. The minimum absolute atomic E-state index is 0.0617. The number of fused-ring (bicyclic) bond motifs is 1. The Morgan fingerprint density at radius 1 is 1.07 bits per heavy atom. The molecule has 2 aromatic carbocycles. The van der Waals surface area contributed by atoms with Crippen LogP contribution in [0.3, 0.4) is 0 Å². The van der Waals surface area contributed by atoms with E-state index in [1.54, 1.807) is 42.5 Å². The molecule has 1 atom stereocenters. The van der Waals surface area contributed by atoms with Crippen LogP contribution in [0.15, 0.2) is 47.3 Å². The lowest BCUT2D eigenvalue weighted by atomic mass is 10.2. The molecule has 0 aliphatic rings. The highest BCUT2D eigenvalue weighted by Crippen LogP contribution is 2.15. The van der Waals surface area contributed by atoms with Gasteiger partial charge in [0.2, 0.25) is 0 Å². The van der Waals surface area contributed by atoms with Gasteiger partial charge in [-0.25, -0.2) is 4.79 Å². The number of H-pyrrole nitrogens is 2. The Bertz CT molecular complexity index is 1140. The van der Waals surface area contributed by atoms with Crippen LogP contribution in [-0.2, 0) is 14.3 Å². The molecule has 0 radical (unpaired) electrons. The summed E-state index contributed by atoms with van der Waals surface area (Å²) < 4.78 is 5.10. The van der Waals surface area contributed by atoms with E-state index in [1.807, 2.05) is 0 Å². The Kier molecular flexibility index (Phi) is 6.53. The fourth-order valence-corrected chi connectivity index (χ4v) is 2.77. The van der Waals surface area contributed by atoms with Crippen molar-refractivity contribution < 1.29 is 19.1 Å². The van der Waals surface area contributed by atoms with Crippen LogP contribution < -0.4 is 16.3 Å². The van der Waals surface area contributed by atoms with E-state index in [0.717, 1.165) is 0 Å². The predicted molar refractivity (Wildman–Crippen MR) is 112 cm³/mol. The van der Waals surface area contributed by atoms with Gasteiger partial charge in [-0.3, -0.25) is 14.4 Å². The monoisotopic (exact) mass is 430 g/mol. The van der Waals surface area contributed by atoms with Crippen LogP contribution in [0.1, 0.15) is 23.7 Å². The van der Waals surface area contributed by atoms with E-state index in [-0.39, 0.29) is 24.6 Å². The van der Waals surface area contributed by atoms with Crippen molar-refractivity contribution in [2.45, 2.75) is 19.4 Å². The van der Waals surface area contributed by atoms with Gasteiger partial charge in [0.05, 0.1) is 17.5 Å². The van der Waals surface area contributed by atoms with Crippen molar-refractivity contribution in [1.82, 2.24) is 15.3 Å². The molecule has 3 rings (SSSR count). The third-order valence-electron chi connectivity index (χ3n) is 4.18. The number of anilines is 1. The molecule has 156 valence electrons. The molecule has 0 saturated heterocycles. The van der Waals surface area contributed by atoms with Crippen molar-refractivity contribution in [3.63, 3.8) is 0 Å². The minimum Gasteiger partial charge on any atom is -0.452 e. The molecule has 4 N–H and O–H groups in total. The van der Waals surface area contributed by atoms with Crippen molar-refractivity contribution >= 4 is 46.1 Å². The second-order valence-electron chi connectivity index (χ2n) is 6.47. The molecule has 0 fully saturated rings. The molecular weight excluding hydrogens is 412 g/mol. The number of esters is 1. The number of rotatable bonds is 7. The number of benzene rings is 2. The molecule has 9 nitrogen and oxygen atoms in total. The van der Waals surface area contributed by atoms with Gasteiger partial charge in [-0.1, -0.05) is 11.6 Å². The van der Waals surface area contributed by atoms with Gasteiger partial charge in [0.15, 0.2) is 6.10 Å². The van der Waals surface area contributed by atoms with Gasteiger partial charge in [0.25, 0.3) is 11.8 Å². The molecule has 1 aromatic heterocycles. The first kappa shape index (κ1) is 21.1. The van der Waals surface area contributed by atoms with E-state index in [1.165, 1.54) is 6.92 Å². The van der Waals surface area contributed by atoms with Crippen LogP contribution in [0.5, 0.6) is 0 Å². The van der Waals surface area contributed by atoms with Gasteiger partial charge in [-0.05, 0) is 49.4 Å². The Labute approximate surface area is 175 Å². The molecule has 0 aliphatic carbocycles. The molecule has 2 amide bonds. The lowest BCUT2D eigenvalue weighted by Crippen LogP contribution is -2.32. The number of carbonyl (C=O) groups excluding carboxylic acids is 3. The number of aromatic nitrogens is 2. The number of hydrogen-bond acceptors (Lipinski definition) is 5. The maximum Gasteiger partial charge on any atom is 0.323 e. The first-order valence-electron chi connectivity index (χ1n) is 9.08. The third kappa shape index (κ3) is 5.48. The number of hydrogen-bond donors (Lipinski definition) is 4. The SMILES string of the molecule is C[C@@H](OC(=O)CCNC(=O)c1ccc(Cl)cc1)C(=O)Nc1ccc2[nH]c(=O)[nH]c2c1. The fraction of sp³-hybridized carbons (Fsp3) is 0.200. The van der Waals surface area contributed by atoms with Crippen LogP contribution in [0.4, 0.5) is 5.69 Å². The Hall–Kier alpha value is -3.59. The van der Waals surface area contributed by atoms with Gasteiger partial charge in [0.1, 0.15) is 0 Å². The summed E-state index contributed by atoms with van der Waals surface area (Å²) in [6.07, 6.45) is -1.13. The Balaban J connectivity index is 1.44. The number of nitrogens with one attached hydrogen (secondary N) is 4. The summed E-state index contributed by atoms with van der Waals surface area (Å²) >= 11 is 5.77. The van der Waals surface area contributed by atoms with E-state index in [9.17, 15) is 19.2 Å². The predicted octanol–water partition coefficient (Wildman–Crippen LogP) is 2.20. The topological polar surface area (TPSA) is 133 Å². The zero-order valence-corrected chi connectivity index (χ0v) is 16.7. The first-order valence-corrected chi connectivity index (χ1v) is 9.46. The number of aromatic amines is 2. The average Bonchev–Trinajstić information content (AvgIpc) is 3.07. The largest absolute Gasteiger partial charge is 0.452 e. The average molecular weight is 431 g/mol. The fourth-order valence-electron chi connectivity index (χ4n) is 2.65. The highest BCUT2D eigenvalue weighted by atomic mass is 35.5. The van der Waals surface area contributed by atoms with E-state index < -0.39 is 18.0 Å². The molecule has 30 heavy (non-hydrogen) atoms. The molecule has 0 unspecified atom stereocenters. The lowest BCUT2D eigenvalue weighted by Gasteiger charge is -2.14. The van der Waals surface area contributed by atoms with Crippen LogP contribution >= 0.6 is 11.6 Å². The highest BCUT2D eigenvalue weighted by molar-refractivity contribution is 6.30. The number of carbonyl (C=O) groups is 3. The van der Waals surface area contributed by atoms with Crippen molar-refractivity contribution in [3.8, 4) is 0 Å². The second-order valence-corrected chi connectivity index (χ2v) is 6.91. The first-order chi connectivity index (χ1) is 14.3. The minimum atomic E-state index is -1.04. The lowest BCUT2D eigenvalue weighted by molar-refractivity contribution is -0.153. The number of ether oxygens (including phenoxy) is 1. The summed E-state index contributed by atoms with van der Waals surface area (Å²) in [5, 5.41) is 5.73. The van der Waals surface area contributed by atoms with Gasteiger partial charge >= 0.3 is 11.7 Å². The normalized spacial score (nSPS) is 11.7. The summed E-state index contributed by atoms with van der Waals surface area (Å²) in [7, 11) is 0. The molecular formula is C20H19ClN4O5. The maximum absolute atomic E-state index is 12.2. The van der Waals surface area contributed by atoms with E-state index >= 15 is 0 Å². The summed E-state index contributed by atoms with van der Waals surface area (Å²) in [6, 6.07) is 11.2. The van der Waals surface area contributed by atoms with Crippen molar-refractivity contribution in [2.75, 3.05) is 11.9 Å². The van der Waals surface area contributed by atoms with E-state index in [2.05, 4.69) is 20.6 Å². The highest BCUT2D eigenvalue weighted by Gasteiger charge is 2.18. The Morgan fingerprint density at radius 3 is 2.50 bits per heavy atom. The quantitative estimate of drug-likeness (QED) is 0.426. The third-order valence-corrected chi connectivity index (χ3v) is 4.43. The summed E-state index contributed by atoms with van der Waals surface area (Å²) in [4.78, 5) is 52.6. The molecule has 3 aromatic rings. The number of amides is 2. The summed E-state index contributed by atoms with van der Waals surface area (Å²) in [5.41, 5.74) is 1.66. The zero-order valence-electron chi connectivity index (χ0n) is 16.0. The van der Waals surface area contributed by atoms with E-state index in [4.69, 9.17) is 16.3 Å². The Morgan fingerprint density at radius 2 is 1.77 bits per heavy atom. The van der Waals surface area contributed by atoms with Gasteiger partial charge < -0.3 is 25.3 Å². The molecule has 0 spiro atoms. The summed E-state index contributed by atoms with van der Waals surface area (Å²) in [6.45, 7) is 1.50. The van der Waals surface area contributed by atoms with Gasteiger partial charge in [-0.2, -0.15) is 0 Å². The zero-order chi connectivity index (χ0) is 21.7. The summed E-state index contributed by atoms with van der Waals surface area (Å²) in [5.74, 6) is -1.49. The van der Waals surface area contributed by atoms with Crippen molar-refractivity contribution in [1.29, 1.82) is 0 Å². The van der Waals surface area contributed by atoms with Crippen LogP contribution in [-0.4, -0.2) is 40.4 Å².